The maximum atomic E-state index is 10.7. The average Bonchev–Trinajstić information content (AvgIpc) is 2.17. The second-order valence-electron chi connectivity index (χ2n) is 2.45. The van der Waals surface area contributed by atoms with Gasteiger partial charge in [-0.15, -0.1) is 0 Å². The molecule has 0 radical (unpaired) electrons. The summed E-state index contributed by atoms with van der Waals surface area (Å²) in [6, 6.07) is 3.17. The van der Waals surface area contributed by atoms with E-state index in [0.717, 1.165) is 0 Å². The molecule has 0 saturated heterocycles. The molecule has 1 amide bonds. The van der Waals surface area contributed by atoms with E-state index >= 15 is 0 Å². The van der Waals surface area contributed by atoms with E-state index in [1.165, 1.54) is 12.4 Å². The van der Waals surface area contributed by atoms with Crippen molar-refractivity contribution in [2.75, 3.05) is 12.5 Å². The van der Waals surface area contributed by atoms with E-state index in [1.807, 2.05) is 5.43 Å². The number of hydrazine groups is 1. The summed E-state index contributed by atoms with van der Waals surface area (Å²) in [5, 5.41) is 0. The molecule has 78 valence electrons. The normalized spacial score (nSPS) is 8.86. The number of amides is 1. The van der Waals surface area contributed by atoms with Gasteiger partial charge in [-0.05, 0) is 12.1 Å². The van der Waals surface area contributed by atoms with E-state index in [1.54, 1.807) is 24.6 Å². The van der Waals surface area contributed by atoms with Gasteiger partial charge in [0.05, 0.1) is 0 Å². The van der Waals surface area contributed by atoms with Crippen LogP contribution in [0.4, 0.5) is 0 Å². The van der Waals surface area contributed by atoms with Crippen LogP contribution in [-0.2, 0) is 10.8 Å². The molecule has 1 aromatic heterocycles. The van der Waals surface area contributed by atoms with Gasteiger partial charge in [0.25, 0.3) is 5.91 Å². The Morgan fingerprint density at radius 3 is 2.21 bits per heavy atom. The number of pyridine rings is 1. The molecule has 14 heavy (non-hydrogen) atoms. The van der Waals surface area contributed by atoms with Crippen LogP contribution in [0, 0.1) is 0 Å². The Morgan fingerprint density at radius 1 is 1.43 bits per heavy atom. The van der Waals surface area contributed by atoms with E-state index < -0.39 is 10.8 Å². The molecule has 0 bridgehead atoms. The number of nitrogens with zero attached hydrogens (tertiary/aromatic N) is 1. The van der Waals surface area contributed by atoms with Gasteiger partial charge in [-0.3, -0.25) is 19.4 Å². The van der Waals surface area contributed by atoms with Crippen LogP contribution in [0.1, 0.15) is 10.4 Å². The lowest BCUT2D eigenvalue weighted by Gasteiger charge is -1.95. The number of hydrogen-bond donors (Lipinski definition) is 2. The Bertz CT molecular complexity index is 299. The van der Waals surface area contributed by atoms with E-state index in [0.29, 0.717) is 5.56 Å². The molecule has 3 N–H and O–H groups in total. The van der Waals surface area contributed by atoms with Crippen molar-refractivity contribution in [2.45, 2.75) is 0 Å². The lowest BCUT2D eigenvalue weighted by atomic mass is 10.3. The first-order valence-corrected chi connectivity index (χ1v) is 5.70. The van der Waals surface area contributed by atoms with Crippen molar-refractivity contribution in [1.29, 1.82) is 0 Å². The molecule has 0 fully saturated rings. The lowest BCUT2D eigenvalue weighted by molar-refractivity contribution is 0.0953. The highest BCUT2D eigenvalue weighted by atomic mass is 32.2. The van der Waals surface area contributed by atoms with Crippen molar-refractivity contribution in [3.63, 3.8) is 0 Å². The first-order valence-electron chi connectivity index (χ1n) is 3.74. The maximum absolute atomic E-state index is 10.7. The zero-order chi connectivity index (χ0) is 11.0. The van der Waals surface area contributed by atoms with E-state index in [-0.39, 0.29) is 5.91 Å². The third-order valence-electron chi connectivity index (χ3n) is 1.07. The first kappa shape index (κ1) is 12.7. The minimum Gasteiger partial charge on any atom is -0.290 e. The van der Waals surface area contributed by atoms with E-state index in [9.17, 15) is 9.00 Å². The smallest absolute Gasteiger partial charge is 0.265 e. The fourth-order valence-electron chi connectivity index (χ4n) is 0.587. The van der Waals surface area contributed by atoms with Crippen LogP contribution in [0.25, 0.3) is 0 Å². The Balaban J connectivity index is 0.000000364. The van der Waals surface area contributed by atoms with Crippen LogP contribution in [0.15, 0.2) is 24.5 Å². The summed E-state index contributed by atoms with van der Waals surface area (Å²) < 4.78 is 9.56. The molecule has 0 aliphatic rings. The standard InChI is InChI=1S/C6H7N3O.C2H6OS/c7-9-6(10)5-1-3-8-4-2-5;1-4(2)3/h1-4H,7H2,(H,9,10);1-2H3. The summed E-state index contributed by atoms with van der Waals surface area (Å²) in [5.74, 6) is 4.58. The quantitative estimate of drug-likeness (QED) is 0.382. The molecular formula is C8H13N3O2S. The summed E-state index contributed by atoms with van der Waals surface area (Å²) in [6.07, 6.45) is 6.34. The molecule has 0 unspecified atom stereocenters. The molecule has 6 heteroatoms. The van der Waals surface area contributed by atoms with Crippen molar-refractivity contribution < 1.29 is 9.00 Å². The SMILES string of the molecule is CS(C)=O.NNC(=O)c1ccncc1. The lowest BCUT2D eigenvalue weighted by Crippen LogP contribution is -2.29. The molecule has 0 aliphatic carbocycles. The minimum atomic E-state index is -0.611. The zero-order valence-corrected chi connectivity index (χ0v) is 8.88. The minimum absolute atomic E-state index is 0.303. The van der Waals surface area contributed by atoms with Crippen LogP contribution in [0.2, 0.25) is 0 Å². The number of carbonyl (C=O) groups is 1. The molecular weight excluding hydrogens is 202 g/mol. The maximum Gasteiger partial charge on any atom is 0.265 e. The summed E-state index contributed by atoms with van der Waals surface area (Å²) in [7, 11) is -0.611. The van der Waals surface area contributed by atoms with Crippen molar-refractivity contribution >= 4 is 16.7 Å². The van der Waals surface area contributed by atoms with Crippen LogP contribution in [-0.4, -0.2) is 27.6 Å². The van der Waals surface area contributed by atoms with Gasteiger partial charge in [-0.25, -0.2) is 5.84 Å². The van der Waals surface area contributed by atoms with Crippen molar-refractivity contribution in [3.05, 3.63) is 30.1 Å². The summed E-state index contributed by atoms with van der Waals surface area (Å²) >= 11 is 0. The van der Waals surface area contributed by atoms with Crippen LogP contribution < -0.4 is 11.3 Å². The number of carbonyl (C=O) groups excluding carboxylic acids is 1. The topological polar surface area (TPSA) is 85.1 Å². The van der Waals surface area contributed by atoms with E-state index in [2.05, 4.69) is 4.98 Å². The van der Waals surface area contributed by atoms with Gasteiger partial charge in [-0.2, -0.15) is 0 Å². The number of aromatic nitrogens is 1. The van der Waals surface area contributed by atoms with Gasteiger partial charge in [0.1, 0.15) is 0 Å². The Labute approximate surface area is 85.1 Å². The van der Waals surface area contributed by atoms with Crippen molar-refractivity contribution in [1.82, 2.24) is 10.4 Å². The summed E-state index contributed by atoms with van der Waals surface area (Å²) in [6.45, 7) is 0. The first-order chi connectivity index (χ1) is 6.57. The summed E-state index contributed by atoms with van der Waals surface area (Å²) in [5.41, 5.74) is 2.53. The number of nitrogens with one attached hydrogen (secondary N) is 1. The monoisotopic (exact) mass is 215 g/mol. The molecule has 0 aromatic carbocycles. The van der Waals surface area contributed by atoms with Crippen molar-refractivity contribution in [2.24, 2.45) is 5.84 Å². The second kappa shape index (κ2) is 7.16. The number of hydrogen-bond acceptors (Lipinski definition) is 4. The zero-order valence-electron chi connectivity index (χ0n) is 8.06. The largest absolute Gasteiger partial charge is 0.290 e. The summed E-state index contributed by atoms with van der Waals surface area (Å²) in [4.78, 5) is 14.5. The fourth-order valence-corrected chi connectivity index (χ4v) is 0.587. The van der Waals surface area contributed by atoms with Gasteiger partial charge in [0, 0.05) is 41.3 Å². The molecule has 0 saturated carbocycles. The molecule has 1 aromatic rings. The van der Waals surface area contributed by atoms with Gasteiger partial charge in [0.15, 0.2) is 0 Å². The van der Waals surface area contributed by atoms with Crippen LogP contribution >= 0.6 is 0 Å². The predicted octanol–water partition coefficient (Wildman–Crippen LogP) is -0.320. The molecule has 0 spiro atoms. The average molecular weight is 215 g/mol. The van der Waals surface area contributed by atoms with E-state index in [4.69, 9.17) is 5.84 Å². The number of rotatable bonds is 1. The van der Waals surface area contributed by atoms with Crippen LogP contribution in [0.3, 0.4) is 0 Å². The van der Waals surface area contributed by atoms with Crippen LogP contribution in [0.5, 0.6) is 0 Å². The number of nitrogens with two attached hydrogens (primary N) is 1. The highest BCUT2D eigenvalue weighted by Gasteiger charge is 1.98. The van der Waals surface area contributed by atoms with Gasteiger partial charge in [-0.1, -0.05) is 0 Å². The third-order valence-corrected chi connectivity index (χ3v) is 1.07. The fraction of sp³-hybridized carbons (Fsp3) is 0.250. The molecule has 5 nitrogen and oxygen atoms in total. The Kier molecular flexibility index (Phi) is 6.51. The molecule has 1 rings (SSSR count). The van der Waals surface area contributed by atoms with Crippen molar-refractivity contribution in [3.8, 4) is 0 Å². The third kappa shape index (κ3) is 6.27. The highest BCUT2D eigenvalue weighted by Crippen LogP contribution is 1.93. The van der Waals surface area contributed by atoms with Gasteiger partial charge < -0.3 is 0 Å². The Hall–Kier alpha value is -1.27. The Morgan fingerprint density at radius 2 is 1.86 bits per heavy atom. The molecule has 0 aliphatic heterocycles. The number of nitrogen functional groups attached to an aromatic ring is 1. The second-order valence-corrected chi connectivity index (χ2v) is 3.93. The van der Waals surface area contributed by atoms with Gasteiger partial charge in [0.2, 0.25) is 0 Å². The molecule has 1 heterocycles. The van der Waals surface area contributed by atoms with Gasteiger partial charge >= 0.3 is 0 Å². The predicted molar refractivity (Wildman–Crippen MR) is 55.9 cm³/mol. The highest BCUT2D eigenvalue weighted by molar-refractivity contribution is 7.83. The molecule has 0 atom stereocenters.